The van der Waals surface area contributed by atoms with Crippen LogP contribution in [-0.4, -0.2) is 37.7 Å². The van der Waals surface area contributed by atoms with E-state index in [0.717, 1.165) is 30.1 Å². The average Bonchev–Trinajstić information content (AvgIpc) is 2.32. The lowest BCUT2D eigenvalue weighted by Gasteiger charge is -2.05. The molecule has 1 aromatic rings. The maximum Gasteiger partial charge on any atom is 0.148 e. The fraction of sp³-hybridized carbons (Fsp3) is 0.583. The van der Waals surface area contributed by atoms with E-state index < -0.39 is 9.84 Å². The van der Waals surface area contributed by atoms with Crippen LogP contribution in [0.15, 0.2) is 18.3 Å². The number of nitrogens with one attached hydrogen (secondary N) is 1. The third kappa shape index (κ3) is 6.86. The molecule has 4 nitrogen and oxygen atoms in total. The zero-order valence-electron chi connectivity index (χ0n) is 10.8. The van der Waals surface area contributed by atoms with E-state index in [1.165, 1.54) is 6.26 Å². The summed E-state index contributed by atoms with van der Waals surface area (Å²) in [6.45, 7) is 3.04. The second-order valence-electron chi connectivity index (χ2n) is 4.16. The number of hydrogen-bond donors (Lipinski definition) is 1. The van der Waals surface area contributed by atoms with Gasteiger partial charge in [-0.05, 0) is 18.1 Å². The Kier molecular flexibility index (Phi) is 6.49. The number of hydrogen-bond acceptors (Lipinski definition) is 5. The first-order valence-corrected chi connectivity index (χ1v) is 9.17. The molecule has 0 aliphatic heterocycles. The van der Waals surface area contributed by atoms with E-state index >= 15 is 0 Å². The molecule has 0 spiro atoms. The molecule has 0 bridgehead atoms. The first kappa shape index (κ1) is 15.3. The van der Waals surface area contributed by atoms with Crippen LogP contribution in [0, 0.1) is 0 Å². The van der Waals surface area contributed by atoms with E-state index in [2.05, 4.69) is 17.2 Å². The van der Waals surface area contributed by atoms with Crippen LogP contribution in [0.2, 0.25) is 0 Å². The number of aromatic nitrogens is 1. The van der Waals surface area contributed by atoms with Crippen molar-refractivity contribution in [3.63, 3.8) is 0 Å². The number of rotatable bonds is 8. The molecule has 0 aliphatic carbocycles. The maximum atomic E-state index is 11.0. The second kappa shape index (κ2) is 7.63. The van der Waals surface area contributed by atoms with Gasteiger partial charge in [0.25, 0.3) is 0 Å². The summed E-state index contributed by atoms with van der Waals surface area (Å²) >= 11 is 1.62. The third-order valence-electron chi connectivity index (χ3n) is 2.25. The third-order valence-corrected chi connectivity index (χ3v) is 4.48. The molecule has 1 rings (SSSR count). The summed E-state index contributed by atoms with van der Waals surface area (Å²) in [7, 11) is -2.84. The van der Waals surface area contributed by atoms with E-state index in [4.69, 9.17) is 0 Å². The Morgan fingerprint density at radius 1 is 1.39 bits per heavy atom. The highest BCUT2D eigenvalue weighted by Crippen LogP contribution is 2.13. The highest BCUT2D eigenvalue weighted by Gasteiger charge is 2.02. The van der Waals surface area contributed by atoms with E-state index in [1.807, 2.05) is 18.3 Å². The predicted molar refractivity (Wildman–Crippen MR) is 78.9 cm³/mol. The highest BCUT2D eigenvalue weighted by molar-refractivity contribution is 7.99. The van der Waals surface area contributed by atoms with Crippen molar-refractivity contribution < 1.29 is 8.42 Å². The summed E-state index contributed by atoms with van der Waals surface area (Å²) in [5.41, 5.74) is 1.12. The van der Waals surface area contributed by atoms with Gasteiger partial charge < -0.3 is 5.32 Å². The first-order valence-electron chi connectivity index (χ1n) is 5.95. The van der Waals surface area contributed by atoms with Gasteiger partial charge in [-0.3, -0.25) is 0 Å². The summed E-state index contributed by atoms with van der Waals surface area (Å²) in [5, 5.41) is 3.21. The lowest BCUT2D eigenvalue weighted by molar-refractivity contribution is 0.603. The monoisotopic (exact) mass is 288 g/mol. The fourth-order valence-corrected chi connectivity index (χ4v) is 3.50. The van der Waals surface area contributed by atoms with Crippen LogP contribution in [0.4, 0.5) is 5.82 Å². The Morgan fingerprint density at radius 2 is 2.17 bits per heavy atom. The van der Waals surface area contributed by atoms with Crippen LogP contribution in [0.1, 0.15) is 18.9 Å². The van der Waals surface area contributed by atoms with Gasteiger partial charge in [-0.2, -0.15) is 11.8 Å². The quantitative estimate of drug-likeness (QED) is 0.743. The van der Waals surface area contributed by atoms with E-state index in [-0.39, 0.29) is 5.75 Å². The van der Waals surface area contributed by atoms with Crippen molar-refractivity contribution >= 4 is 27.4 Å². The molecule has 0 saturated heterocycles. The summed E-state index contributed by atoms with van der Waals surface area (Å²) < 4.78 is 21.9. The van der Waals surface area contributed by atoms with Crippen molar-refractivity contribution in [3.05, 3.63) is 23.9 Å². The van der Waals surface area contributed by atoms with Gasteiger partial charge in [-0.15, -0.1) is 0 Å². The van der Waals surface area contributed by atoms with Gasteiger partial charge in [0.2, 0.25) is 0 Å². The van der Waals surface area contributed by atoms with Gasteiger partial charge in [0.15, 0.2) is 0 Å². The van der Waals surface area contributed by atoms with Crippen LogP contribution < -0.4 is 5.32 Å². The summed E-state index contributed by atoms with van der Waals surface area (Å²) in [5.74, 6) is 2.56. The normalized spacial score (nSPS) is 11.4. The minimum absolute atomic E-state index is 0.237. The fourth-order valence-electron chi connectivity index (χ4n) is 1.27. The average molecular weight is 288 g/mol. The molecule has 0 saturated carbocycles. The van der Waals surface area contributed by atoms with Gasteiger partial charge in [0.1, 0.15) is 15.7 Å². The standard InChI is InChI=1S/C12H20N2O2S2/c1-3-6-13-12-5-4-11(9-14-12)10-17-7-8-18(2,15)16/h4-5,9H,3,6-8,10H2,1-2H3,(H,13,14). The number of anilines is 1. The largest absolute Gasteiger partial charge is 0.370 e. The second-order valence-corrected chi connectivity index (χ2v) is 7.53. The maximum absolute atomic E-state index is 11.0. The zero-order chi connectivity index (χ0) is 13.4. The molecule has 102 valence electrons. The number of sulfone groups is 1. The summed E-state index contributed by atoms with van der Waals surface area (Å²) in [6.07, 6.45) is 4.18. The van der Waals surface area contributed by atoms with Gasteiger partial charge in [-0.1, -0.05) is 13.0 Å². The van der Waals surface area contributed by atoms with Gasteiger partial charge in [0.05, 0.1) is 5.75 Å². The first-order chi connectivity index (χ1) is 8.51. The van der Waals surface area contributed by atoms with Crippen molar-refractivity contribution in [1.29, 1.82) is 0 Å². The molecule has 1 heterocycles. The van der Waals surface area contributed by atoms with Crippen molar-refractivity contribution in [3.8, 4) is 0 Å². The molecule has 1 N–H and O–H groups in total. The molecule has 0 radical (unpaired) electrons. The number of thioether (sulfide) groups is 1. The number of pyridine rings is 1. The zero-order valence-corrected chi connectivity index (χ0v) is 12.5. The molecule has 0 fully saturated rings. The molecule has 0 aromatic carbocycles. The van der Waals surface area contributed by atoms with Gasteiger partial charge in [0, 0.05) is 30.5 Å². The minimum atomic E-state index is -2.84. The van der Waals surface area contributed by atoms with Crippen LogP contribution >= 0.6 is 11.8 Å². The van der Waals surface area contributed by atoms with Crippen molar-refractivity contribution in [1.82, 2.24) is 4.98 Å². The summed E-state index contributed by atoms with van der Waals surface area (Å²) in [6, 6.07) is 3.99. The Labute approximate surface area is 114 Å². The molecule has 6 heteroatoms. The Balaban J connectivity index is 2.31. The lowest BCUT2D eigenvalue weighted by Crippen LogP contribution is -2.05. The van der Waals surface area contributed by atoms with Crippen LogP contribution in [0.25, 0.3) is 0 Å². The molecular formula is C12H20N2O2S2. The topological polar surface area (TPSA) is 59.1 Å². The Morgan fingerprint density at radius 3 is 2.72 bits per heavy atom. The van der Waals surface area contributed by atoms with Crippen LogP contribution in [0.3, 0.4) is 0 Å². The molecule has 0 amide bonds. The van der Waals surface area contributed by atoms with Gasteiger partial charge in [-0.25, -0.2) is 13.4 Å². The highest BCUT2D eigenvalue weighted by atomic mass is 32.2. The molecule has 1 aromatic heterocycles. The number of nitrogens with zero attached hydrogens (tertiary/aromatic N) is 1. The van der Waals surface area contributed by atoms with Crippen molar-refractivity contribution in [2.45, 2.75) is 19.1 Å². The smallest absolute Gasteiger partial charge is 0.148 e. The van der Waals surface area contributed by atoms with E-state index in [9.17, 15) is 8.42 Å². The lowest BCUT2D eigenvalue weighted by atomic mass is 10.3. The van der Waals surface area contributed by atoms with E-state index in [0.29, 0.717) is 5.75 Å². The van der Waals surface area contributed by atoms with Crippen molar-refractivity contribution in [2.24, 2.45) is 0 Å². The minimum Gasteiger partial charge on any atom is -0.370 e. The van der Waals surface area contributed by atoms with E-state index in [1.54, 1.807) is 11.8 Å². The molecule has 0 unspecified atom stereocenters. The van der Waals surface area contributed by atoms with Crippen LogP contribution in [0.5, 0.6) is 0 Å². The molecule has 18 heavy (non-hydrogen) atoms. The molecule has 0 atom stereocenters. The van der Waals surface area contributed by atoms with Crippen molar-refractivity contribution in [2.75, 3.05) is 29.6 Å². The summed E-state index contributed by atoms with van der Waals surface area (Å²) in [4.78, 5) is 4.30. The predicted octanol–water partition coefficient (Wildman–Crippen LogP) is 2.18. The SMILES string of the molecule is CCCNc1ccc(CSCCS(C)(=O)=O)cn1. The Bertz CT molecular complexity index is 444. The van der Waals surface area contributed by atoms with Crippen LogP contribution in [-0.2, 0) is 15.6 Å². The molecular weight excluding hydrogens is 268 g/mol. The molecule has 0 aliphatic rings. The van der Waals surface area contributed by atoms with Gasteiger partial charge >= 0.3 is 0 Å². The Hall–Kier alpha value is -0.750.